The van der Waals surface area contributed by atoms with Crippen LogP contribution in [0.4, 0.5) is 15.9 Å². The molecular weight excluding hydrogens is 376 g/mol. The molecule has 0 saturated heterocycles. The van der Waals surface area contributed by atoms with Crippen molar-refractivity contribution in [2.24, 2.45) is 0 Å². The SMILES string of the molecule is O=C(Nc1ccc(Cl)c(Cl)c1)c1ccnc(NCc2ccccc2F)c1. The number of amides is 1. The number of halogens is 3. The number of nitrogens with zero attached hydrogens (tertiary/aromatic N) is 1. The smallest absolute Gasteiger partial charge is 0.255 e. The van der Waals surface area contributed by atoms with Gasteiger partial charge in [-0.3, -0.25) is 4.79 Å². The lowest BCUT2D eigenvalue weighted by atomic mass is 10.2. The summed E-state index contributed by atoms with van der Waals surface area (Å²) < 4.78 is 13.7. The Balaban J connectivity index is 1.69. The summed E-state index contributed by atoms with van der Waals surface area (Å²) in [5.74, 6) is -0.150. The van der Waals surface area contributed by atoms with Crippen LogP contribution in [-0.4, -0.2) is 10.9 Å². The average molecular weight is 390 g/mol. The number of benzene rings is 2. The van der Waals surface area contributed by atoms with Gasteiger partial charge in [-0.05, 0) is 36.4 Å². The van der Waals surface area contributed by atoms with E-state index in [4.69, 9.17) is 23.2 Å². The fourth-order valence-corrected chi connectivity index (χ4v) is 2.57. The highest BCUT2D eigenvalue weighted by Crippen LogP contribution is 2.25. The number of hydrogen-bond donors (Lipinski definition) is 2. The minimum Gasteiger partial charge on any atom is -0.366 e. The summed E-state index contributed by atoms with van der Waals surface area (Å²) >= 11 is 11.8. The number of anilines is 2. The van der Waals surface area contributed by atoms with Crippen LogP contribution in [0.3, 0.4) is 0 Å². The molecule has 0 saturated carbocycles. The maximum absolute atomic E-state index is 13.7. The van der Waals surface area contributed by atoms with Crippen LogP contribution in [0.5, 0.6) is 0 Å². The van der Waals surface area contributed by atoms with Crippen molar-refractivity contribution in [3.8, 4) is 0 Å². The first-order valence-corrected chi connectivity index (χ1v) is 8.48. The van der Waals surface area contributed by atoms with E-state index in [9.17, 15) is 9.18 Å². The fraction of sp³-hybridized carbons (Fsp3) is 0.0526. The maximum atomic E-state index is 13.7. The van der Waals surface area contributed by atoms with Gasteiger partial charge in [0, 0.05) is 29.6 Å². The number of carbonyl (C=O) groups excluding carboxylic acids is 1. The van der Waals surface area contributed by atoms with E-state index in [-0.39, 0.29) is 18.3 Å². The van der Waals surface area contributed by atoms with Crippen molar-refractivity contribution in [2.45, 2.75) is 6.54 Å². The van der Waals surface area contributed by atoms with Crippen LogP contribution < -0.4 is 10.6 Å². The number of aromatic nitrogens is 1. The van der Waals surface area contributed by atoms with Gasteiger partial charge >= 0.3 is 0 Å². The molecule has 2 aromatic carbocycles. The lowest BCUT2D eigenvalue weighted by Gasteiger charge is -2.09. The second-order valence-electron chi connectivity index (χ2n) is 5.46. The van der Waals surface area contributed by atoms with Gasteiger partial charge in [0.05, 0.1) is 10.0 Å². The van der Waals surface area contributed by atoms with Crippen molar-refractivity contribution in [1.82, 2.24) is 4.98 Å². The predicted octanol–water partition coefficient (Wildman–Crippen LogP) is 5.39. The molecule has 0 fully saturated rings. The van der Waals surface area contributed by atoms with E-state index in [1.54, 1.807) is 48.5 Å². The highest BCUT2D eigenvalue weighted by atomic mass is 35.5. The molecule has 2 N–H and O–H groups in total. The number of pyridine rings is 1. The molecule has 3 aromatic rings. The van der Waals surface area contributed by atoms with E-state index in [0.29, 0.717) is 32.7 Å². The lowest BCUT2D eigenvalue weighted by Crippen LogP contribution is -2.13. The van der Waals surface area contributed by atoms with E-state index in [1.807, 2.05) is 0 Å². The van der Waals surface area contributed by atoms with Crippen molar-refractivity contribution in [3.63, 3.8) is 0 Å². The molecule has 1 amide bonds. The summed E-state index contributed by atoms with van der Waals surface area (Å²) in [6, 6.07) is 14.5. The van der Waals surface area contributed by atoms with Gasteiger partial charge in [-0.25, -0.2) is 9.37 Å². The molecule has 0 unspecified atom stereocenters. The summed E-state index contributed by atoms with van der Waals surface area (Å²) in [6.45, 7) is 0.261. The van der Waals surface area contributed by atoms with Crippen molar-refractivity contribution in [1.29, 1.82) is 0 Å². The summed E-state index contributed by atoms with van der Waals surface area (Å²) in [7, 11) is 0. The van der Waals surface area contributed by atoms with Crippen LogP contribution in [0.25, 0.3) is 0 Å². The topological polar surface area (TPSA) is 54.0 Å². The summed E-state index contributed by atoms with van der Waals surface area (Å²) in [5.41, 5.74) is 1.45. The Hall–Kier alpha value is -2.63. The van der Waals surface area contributed by atoms with Crippen LogP contribution in [0.15, 0.2) is 60.8 Å². The molecule has 0 radical (unpaired) electrons. The molecule has 132 valence electrons. The Labute approximate surface area is 160 Å². The van der Waals surface area contributed by atoms with E-state index < -0.39 is 0 Å². The third kappa shape index (κ3) is 4.50. The van der Waals surface area contributed by atoms with Crippen molar-refractivity contribution >= 4 is 40.6 Å². The molecule has 0 aliphatic heterocycles. The van der Waals surface area contributed by atoms with Crippen molar-refractivity contribution < 1.29 is 9.18 Å². The number of hydrogen-bond acceptors (Lipinski definition) is 3. The molecule has 0 aliphatic carbocycles. The van der Waals surface area contributed by atoms with Gasteiger partial charge in [0.1, 0.15) is 11.6 Å². The van der Waals surface area contributed by atoms with Gasteiger partial charge in [-0.15, -0.1) is 0 Å². The Morgan fingerprint density at radius 3 is 2.62 bits per heavy atom. The summed E-state index contributed by atoms with van der Waals surface area (Å²) in [5, 5.41) is 6.51. The van der Waals surface area contributed by atoms with Crippen LogP contribution in [0.2, 0.25) is 10.0 Å². The second kappa shape index (κ2) is 8.17. The molecule has 0 atom stereocenters. The number of nitrogens with one attached hydrogen (secondary N) is 2. The molecular formula is C19H14Cl2FN3O. The van der Waals surface area contributed by atoms with Crippen LogP contribution in [0.1, 0.15) is 15.9 Å². The minimum atomic E-state index is -0.320. The number of rotatable bonds is 5. The molecule has 7 heteroatoms. The van der Waals surface area contributed by atoms with Gasteiger partial charge in [-0.1, -0.05) is 41.4 Å². The molecule has 26 heavy (non-hydrogen) atoms. The molecule has 4 nitrogen and oxygen atoms in total. The Bertz CT molecular complexity index is 950. The summed E-state index contributed by atoms with van der Waals surface area (Å²) in [6.07, 6.45) is 1.51. The highest BCUT2D eigenvalue weighted by molar-refractivity contribution is 6.42. The van der Waals surface area contributed by atoms with Crippen LogP contribution in [0, 0.1) is 5.82 Å². The zero-order valence-electron chi connectivity index (χ0n) is 13.5. The molecule has 1 aromatic heterocycles. The second-order valence-corrected chi connectivity index (χ2v) is 6.27. The quantitative estimate of drug-likeness (QED) is 0.614. The van der Waals surface area contributed by atoms with Crippen LogP contribution in [-0.2, 0) is 6.54 Å². The summed E-state index contributed by atoms with van der Waals surface area (Å²) in [4.78, 5) is 16.5. The van der Waals surface area contributed by atoms with E-state index in [2.05, 4.69) is 15.6 Å². The predicted molar refractivity (Wildman–Crippen MR) is 102 cm³/mol. The van der Waals surface area contributed by atoms with Crippen LogP contribution >= 0.6 is 23.2 Å². The first-order valence-electron chi connectivity index (χ1n) is 7.72. The Morgan fingerprint density at radius 2 is 1.85 bits per heavy atom. The Kier molecular flexibility index (Phi) is 5.71. The standard InChI is InChI=1S/C19H14Cl2FN3O/c20-15-6-5-14(10-16(15)21)25-19(26)12-7-8-23-18(9-12)24-11-13-3-1-2-4-17(13)22/h1-10H,11H2,(H,23,24)(H,25,26). The van der Waals surface area contributed by atoms with Gasteiger partial charge in [0.2, 0.25) is 0 Å². The molecule has 3 rings (SSSR count). The third-order valence-corrected chi connectivity index (χ3v) is 4.36. The van der Waals surface area contributed by atoms with E-state index in [0.717, 1.165) is 0 Å². The van der Waals surface area contributed by atoms with Gasteiger partial charge in [-0.2, -0.15) is 0 Å². The molecule has 0 bridgehead atoms. The van der Waals surface area contributed by atoms with Gasteiger partial charge in [0.25, 0.3) is 5.91 Å². The molecule has 1 heterocycles. The first kappa shape index (κ1) is 18.2. The third-order valence-electron chi connectivity index (χ3n) is 3.62. The zero-order chi connectivity index (χ0) is 18.5. The lowest BCUT2D eigenvalue weighted by molar-refractivity contribution is 0.102. The molecule has 0 aliphatic rings. The van der Waals surface area contributed by atoms with E-state index >= 15 is 0 Å². The largest absolute Gasteiger partial charge is 0.366 e. The van der Waals surface area contributed by atoms with Crippen molar-refractivity contribution in [2.75, 3.05) is 10.6 Å². The first-order chi connectivity index (χ1) is 12.5. The average Bonchev–Trinajstić information content (AvgIpc) is 2.64. The van der Waals surface area contributed by atoms with Crippen molar-refractivity contribution in [3.05, 3.63) is 87.8 Å². The maximum Gasteiger partial charge on any atom is 0.255 e. The zero-order valence-corrected chi connectivity index (χ0v) is 15.0. The normalized spacial score (nSPS) is 10.4. The highest BCUT2D eigenvalue weighted by Gasteiger charge is 2.09. The molecule has 0 spiro atoms. The van der Waals surface area contributed by atoms with Gasteiger partial charge < -0.3 is 10.6 Å². The number of carbonyl (C=O) groups is 1. The minimum absolute atomic E-state index is 0.261. The van der Waals surface area contributed by atoms with E-state index in [1.165, 1.54) is 12.3 Å². The fourth-order valence-electron chi connectivity index (χ4n) is 2.27. The Morgan fingerprint density at radius 1 is 1.04 bits per heavy atom. The monoisotopic (exact) mass is 389 g/mol. The van der Waals surface area contributed by atoms with Gasteiger partial charge in [0.15, 0.2) is 0 Å².